The van der Waals surface area contributed by atoms with Gasteiger partial charge in [0.2, 0.25) is 0 Å². The van der Waals surface area contributed by atoms with Crippen LogP contribution in [0.4, 0.5) is 24.5 Å². The topological polar surface area (TPSA) is 64.7 Å². The number of hydrogen-bond donors (Lipinski definition) is 0. The molecule has 17 heavy (non-hydrogen) atoms. The average Bonchev–Trinajstić information content (AvgIpc) is 2.26. The molecule has 0 fully saturated rings. The highest BCUT2D eigenvalue weighted by molar-refractivity contribution is 5.95. The number of ether oxygens (including phenoxy) is 1. The van der Waals surface area contributed by atoms with E-state index in [1.165, 1.54) is 0 Å². The summed E-state index contributed by atoms with van der Waals surface area (Å²) in [5.74, 6) is -0.0211. The smallest absolute Gasteiger partial charge is 0.432 e. The Hall–Kier alpha value is -2.12. The SMILES string of the molecule is O=[N+]([O-])c1ccc2c(c1)OCC(C(F)(F)F)=N2. The van der Waals surface area contributed by atoms with Gasteiger partial charge in [-0.15, -0.1) is 0 Å². The minimum atomic E-state index is -4.56. The lowest BCUT2D eigenvalue weighted by Gasteiger charge is -2.18. The zero-order valence-electron chi connectivity index (χ0n) is 8.19. The molecule has 1 aromatic carbocycles. The molecule has 0 bridgehead atoms. The molecule has 1 aliphatic heterocycles. The van der Waals surface area contributed by atoms with E-state index in [1.807, 2.05) is 0 Å². The maximum atomic E-state index is 12.3. The summed E-state index contributed by atoms with van der Waals surface area (Å²) in [6.45, 7) is -0.738. The van der Waals surface area contributed by atoms with Crippen LogP contribution in [0.3, 0.4) is 0 Å². The number of hydrogen-bond acceptors (Lipinski definition) is 4. The van der Waals surface area contributed by atoms with E-state index in [0.29, 0.717) is 0 Å². The van der Waals surface area contributed by atoms with Crippen molar-refractivity contribution in [2.75, 3.05) is 6.61 Å². The van der Waals surface area contributed by atoms with Gasteiger partial charge in [-0.05, 0) is 6.07 Å². The van der Waals surface area contributed by atoms with Gasteiger partial charge in [-0.3, -0.25) is 10.1 Å². The van der Waals surface area contributed by atoms with E-state index in [4.69, 9.17) is 4.74 Å². The summed E-state index contributed by atoms with van der Waals surface area (Å²) < 4.78 is 41.8. The molecule has 0 N–H and O–H groups in total. The first-order valence-corrected chi connectivity index (χ1v) is 4.44. The quantitative estimate of drug-likeness (QED) is 0.565. The molecule has 0 saturated heterocycles. The van der Waals surface area contributed by atoms with Crippen molar-refractivity contribution in [3.8, 4) is 5.75 Å². The highest BCUT2D eigenvalue weighted by Crippen LogP contribution is 2.36. The summed E-state index contributed by atoms with van der Waals surface area (Å²) in [6, 6.07) is 3.25. The fraction of sp³-hybridized carbons (Fsp3) is 0.222. The Labute approximate surface area is 92.7 Å². The zero-order chi connectivity index (χ0) is 12.6. The minimum absolute atomic E-state index is 0.0211. The first-order chi connectivity index (χ1) is 7.88. The number of nitro groups is 1. The second-order valence-corrected chi connectivity index (χ2v) is 3.25. The van der Waals surface area contributed by atoms with Crippen molar-refractivity contribution in [3.05, 3.63) is 28.3 Å². The third-order valence-electron chi connectivity index (χ3n) is 2.10. The predicted octanol–water partition coefficient (Wildman–Crippen LogP) is 2.62. The largest absolute Gasteiger partial charge is 0.485 e. The molecule has 0 saturated carbocycles. The zero-order valence-corrected chi connectivity index (χ0v) is 8.19. The normalized spacial score (nSPS) is 14.6. The first-order valence-electron chi connectivity index (χ1n) is 4.44. The standard InChI is InChI=1S/C9H5F3N2O3/c10-9(11,12)8-4-17-7-3-5(14(15)16)1-2-6(7)13-8/h1-3H,4H2. The van der Waals surface area contributed by atoms with Gasteiger partial charge in [-0.2, -0.15) is 13.2 Å². The molecule has 90 valence electrons. The molecule has 8 heteroatoms. The van der Waals surface area contributed by atoms with Gasteiger partial charge < -0.3 is 4.74 Å². The van der Waals surface area contributed by atoms with Crippen molar-refractivity contribution in [1.29, 1.82) is 0 Å². The number of fused-ring (bicyclic) bond motifs is 1. The maximum Gasteiger partial charge on any atom is 0.432 e. The molecule has 0 aliphatic carbocycles. The summed E-state index contributed by atoms with van der Waals surface area (Å²) in [4.78, 5) is 13.1. The van der Waals surface area contributed by atoms with Gasteiger partial charge in [-0.25, -0.2) is 4.99 Å². The van der Waals surface area contributed by atoms with Crippen LogP contribution < -0.4 is 4.74 Å². The Bertz CT molecular complexity index is 511. The van der Waals surface area contributed by atoms with E-state index in [-0.39, 0.29) is 17.1 Å². The highest BCUT2D eigenvalue weighted by atomic mass is 19.4. The molecule has 0 aromatic heterocycles. The van der Waals surface area contributed by atoms with Gasteiger partial charge in [0.15, 0.2) is 11.5 Å². The summed E-state index contributed by atoms with van der Waals surface area (Å²) in [6.07, 6.45) is -4.56. The van der Waals surface area contributed by atoms with Crippen LogP contribution in [-0.2, 0) is 0 Å². The van der Waals surface area contributed by atoms with E-state index in [9.17, 15) is 23.3 Å². The summed E-state index contributed by atoms with van der Waals surface area (Å²) in [5, 5.41) is 10.4. The number of rotatable bonds is 1. The molecule has 1 heterocycles. The third-order valence-corrected chi connectivity index (χ3v) is 2.10. The lowest BCUT2D eigenvalue weighted by molar-refractivity contribution is -0.384. The van der Waals surface area contributed by atoms with Gasteiger partial charge in [0.05, 0.1) is 11.0 Å². The number of aliphatic imine (C=N–C) groups is 1. The average molecular weight is 246 g/mol. The van der Waals surface area contributed by atoms with Crippen LogP contribution in [-0.4, -0.2) is 23.4 Å². The van der Waals surface area contributed by atoms with E-state index in [0.717, 1.165) is 18.2 Å². The summed E-state index contributed by atoms with van der Waals surface area (Å²) in [7, 11) is 0. The van der Waals surface area contributed by atoms with Gasteiger partial charge in [0, 0.05) is 6.07 Å². The molecule has 2 rings (SSSR count). The Kier molecular flexibility index (Phi) is 2.49. The van der Waals surface area contributed by atoms with Crippen LogP contribution >= 0.6 is 0 Å². The van der Waals surface area contributed by atoms with Crippen molar-refractivity contribution < 1.29 is 22.8 Å². The maximum absolute atomic E-state index is 12.3. The van der Waals surface area contributed by atoms with E-state index in [1.54, 1.807) is 0 Å². The molecule has 1 aliphatic rings. The second kappa shape index (κ2) is 3.72. The number of halogens is 3. The number of benzene rings is 1. The molecule has 0 amide bonds. The van der Waals surface area contributed by atoms with Crippen LogP contribution in [0.5, 0.6) is 5.75 Å². The minimum Gasteiger partial charge on any atom is -0.485 e. The van der Waals surface area contributed by atoms with Gasteiger partial charge in [0.25, 0.3) is 5.69 Å². The van der Waals surface area contributed by atoms with Crippen molar-refractivity contribution in [1.82, 2.24) is 0 Å². The predicted molar refractivity (Wildman–Crippen MR) is 51.7 cm³/mol. The molecule has 0 atom stereocenters. The Morgan fingerprint density at radius 2 is 2.12 bits per heavy atom. The first kappa shape index (κ1) is 11.4. The molecule has 0 radical (unpaired) electrons. The number of alkyl halides is 3. The fourth-order valence-electron chi connectivity index (χ4n) is 1.29. The molecule has 0 spiro atoms. The van der Waals surface area contributed by atoms with Crippen molar-refractivity contribution in [2.24, 2.45) is 4.99 Å². The monoisotopic (exact) mass is 246 g/mol. The lowest BCUT2D eigenvalue weighted by Crippen LogP contribution is -2.30. The van der Waals surface area contributed by atoms with E-state index >= 15 is 0 Å². The molecule has 5 nitrogen and oxygen atoms in total. The lowest BCUT2D eigenvalue weighted by atomic mass is 10.2. The summed E-state index contributed by atoms with van der Waals surface area (Å²) in [5.41, 5.74) is -1.37. The Balaban J connectivity index is 2.41. The van der Waals surface area contributed by atoms with Gasteiger partial charge in [-0.1, -0.05) is 0 Å². The van der Waals surface area contributed by atoms with Crippen LogP contribution in [0.2, 0.25) is 0 Å². The van der Waals surface area contributed by atoms with E-state index < -0.39 is 23.4 Å². The highest BCUT2D eigenvalue weighted by Gasteiger charge is 2.38. The molecular weight excluding hydrogens is 241 g/mol. The van der Waals surface area contributed by atoms with Crippen LogP contribution in [0, 0.1) is 10.1 Å². The van der Waals surface area contributed by atoms with Gasteiger partial charge in [0.1, 0.15) is 12.3 Å². The van der Waals surface area contributed by atoms with Crippen molar-refractivity contribution in [3.63, 3.8) is 0 Å². The number of nitrogens with zero attached hydrogens (tertiary/aromatic N) is 2. The van der Waals surface area contributed by atoms with Crippen molar-refractivity contribution in [2.45, 2.75) is 6.18 Å². The fourth-order valence-corrected chi connectivity index (χ4v) is 1.29. The Morgan fingerprint density at radius 1 is 1.41 bits per heavy atom. The molecule has 1 aromatic rings. The Morgan fingerprint density at radius 3 is 2.71 bits per heavy atom. The third kappa shape index (κ3) is 2.19. The summed E-state index contributed by atoms with van der Waals surface area (Å²) >= 11 is 0. The van der Waals surface area contributed by atoms with Crippen molar-refractivity contribution >= 4 is 17.1 Å². The second-order valence-electron chi connectivity index (χ2n) is 3.25. The van der Waals surface area contributed by atoms with Gasteiger partial charge >= 0.3 is 6.18 Å². The van der Waals surface area contributed by atoms with E-state index in [2.05, 4.69) is 4.99 Å². The van der Waals surface area contributed by atoms with Crippen LogP contribution in [0.25, 0.3) is 0 Å². The molecular formula is C9H5F3N2O3. The van der Waals surface area contributed by atoms with Crippen LogP contribution in [0.1, 0.15) is 0 Å². The number of non-ortho nitro benzene ring substituents is 1. The van der Waals surface area contributed by atoms with Crippen LogP contribution in [0.15, 0.2) is 23.2 Å². The molecule has 0 unspecified atom stereocenters. The number of nitro benzene ring substituents is 1.